The number of rotatable bonds is 6. The first-order chi connectivity index (χ1) is 15.0. The predicted octanol–water partition coefficient (Wildman–Crippen LogP) is 3.83. The summed E-state index contributed by atoms with van der Waals surface area (Å²) in [6, 6.07) is 12.8. The summed E-state index contributed by atoms with van der Waals surface area (Å²) in [5.74, 6) is 1.12. The van der Waals surface area contributed by atoms with Gasteiger partial charge in [0.15, 0.2) is 5.82 Å². The van der Waals surface area contributed by atoms with E-state index in [0.717, 1.165) is 16.5 Å². The normalized spacial score (nSPS) is 16.3. The molecule has 8 heteroatoms. The zero-order valence-corrected chi connectivity index (χ0v) is 17.2. The zero-order valence-electron chi connectivity index (χ0n) is 17.2. The molecule has 1 amide bonds. The number of fused-ring (bicyclic) bond motifs is 1. The van der Waals surface area contributed by atoms with E-state index in [2.05, 4.69) is 10.3 Å². The third-order valence-electron chi connectivity index (χ3n) is 5.24. The Balaban J connectivity index is 1.75. The molecule has 1 saturated heterocycles. The molecule has 8 nitrogen and oxygen atoms in total. The highest BCUT2D eigenvalue weighted by Crippen LogP contribution is 2.31. The summed E-state index contributed by atoms with van der Waals surface area (Å²) < 4.78 is 5.06. The third-order valence-corrected chi connectivity index (χ3v) is 5.24. The molecule has 1 atom stereocenters. The van der Waals surface area contributed by atoms with Gasteiger partial charge in [0, 0.05) is 31.6 Å². The van der Waals surface area contributed by atoms with Crippen molar-refractivity contribution < 1.29 is 19.7 Å². The molecule has 2 heterocycles. The number of carbonyl (C=O) groups is 1. The van der Waals surface area contributed by atoms with Crippen molar-refractivity contribution in [2.75, 3.05) is 32.1 Å². The Kier molecular flexibility index (Phi) is 5.99. The van der Waals surface area contributed by atoms with Crippen LogP contribution in [0.1, 0.15) is 12.0 Å². The van der Waals surface area contributed by atoms with Crippen molar-refractivity contribution in [3.8, 4) is 17.1 Å². The molecule has 1 fully saturated rings. The van der Waals surface area contributed by atoms with Gasteiger partial charge >= 0.3 is 6.09 Å². The number of para-hydroxylation sites is 1. The van der Waals surface area contributed by atoms with Crippen molar-refractivity contribution in [2.24, 2.45) is 0 Å². The zero-order chi connectivity index (χ0) is 21.8. The number of benzene rings is 2. The topological polar surface area (TPSA) is 108 Å². The first kappa shape index (κ1) is 20.6. The first-order valence-corrected chi connectivity index (χ1v) is 10.0. The van der Waals surface area contributed by atoms with Crippen LogP contribution in [-0.4, -0.2) is 64.0 Å². The second-order valence-corrected chi connectivity index (χ2v) is 7.41. The van der Waals surface area contributed by atoms with E-state index in [0.29, 0.717) is 43.3 Å². The molecule has 3 aromatic rings. The number of aromatic hydroxyl groups is 1. The molecule has 0 radical (unpaired) electrons. The number of methoxy groups -OCH3 is 1. The second kappa shape index (κ2) is 9.01. The molecular weight excluding hydrogens is 396 g/mol. The molecule has 31 heavy (non-hydrogen) atoms. The molecule has 1 aromatic heterocycles. The number of likely N-dealkylation sites (tertiary alicyclic amines) is 1. The van der Waals surface area contributed by atoms with Crippen LogP contribution in [0.25, 0.3) is 28.4 Å². The van der Waals surface area contributed by atoms with Gasteiger partial charge in [0.25, 0.3) is 0 Å². The maximum absolute atomic E-state index is 11.3. The number of ether oxygens (including phenoxy) is 1. The van der Waals surface area contributed by atoms with Crippen molar-refractivity contribution in [2.45, 2.75) is 12.5 Å². The highest BCUT2D eigenvalue weighted by atomic mass is 16.5. The van der Waals surface area contributed by atoms with Crippen molar-refractivity contribution >= 4 is 28.9 Å². The highest BCUT2D eigenvalue weighted by Gasteiger charge is 2.26. The van der Waals surface area contributed by atoms with E-state index in [1.165, 1.54) is 4.90 Å². The summed E-state index contributed by atoms with van der Waals surface area (Å²) in [6.45, 7) is 1.39. The molecule has 1 aliphatic heterocycles. The van der Waals surface area contributed by atoms with Gasteiger partial charge in [0.05, 0.1) is 17.7 Å². The fourth-order valence-electron chi connectivity index (χ4n) is 3.67. The van der Waals surface area contributed by atoms with Gasteiger partial charge in [-0.1, -0.05) is 30.4 Å². The van der Waals surface area contributed by atoms with Crippen molar-refractivity contribution in [3.05, 3.63) is 54.1 Å². The predicted molar refractivity (Wildman–Crippen MR) is 119 cm³/mol. The smallest absolute Gasteiger partial charge is 0.407 e. The lowest BCUT2D eigenvalue weighted by Crippen LogP contribution is -2.30. The summed E-state index contributed by atoms with van der Waals surface area (Å²) in [7, 11) is 1.64. The van der Waals surface area contributed by atoms with Crippen LogP contribution in [-0.2, 0) is 4.74 Å². The minimum absolute atomic E-state index is 0.0484. The highest BCUT2D eigenvalue weighted by molar-refractivity contribution is 5.92. The van der Waals surface area contributed by atoms with Crippen molar-refractivity contribution in [1.82, 2.24) is 14.9 Å². The van der Waals surface area contributed by atoms with Gasteiger partial charge in [-0.05, 0) is 36.2 Å². The summed E-state index contributed by atoms with van der Waals surface area (Å²) in [4.78, 5) is 22.0. The standard InChI is InChI=1S/C23H24N4O4/c1-31-12-4-5-15-8-9-17-19(13-15)25-22(18-6-2-3-7-20(18)28)26-21(17)24-16-10-11-27(14-16)23(29)30/h2-9,13,16,28H,10-12,14H2,1H3,(H,29,30)(H,24,25,26)/b5-4+. The third kappa shape index (κ3) is 4.59. The number of hydrogen-bond donors (Lipinski definition) is 3. The summed E-state index contributed by atoms with van der Waals surface area (Å²) in [5.41, 5.74) is 2.23. The molecule has 160 valence electrons. The molecular formula is C23H24N4O4. The van der Waals surface area contributed by atoms with E-state index in [1.807, 2.05) is 36.4 Å². The number of anilines is 1. The van der Waals surface area contributed by atoms with E-state index in [9.17, 15) is 15.0 Å². The van der Waals surface area contributed by atoms with Crippen LogP contribution in [0.15, 0.2) is 48.5 Å². The fourth-order valence-corrected chi connectivity index (χ4v) is 3.67. The molecule has 3 N–H and O–H groups in total. The van der Waals surface area contributed by atoms with Gasteiger partial charge in [0.2, 0.25) is 0 Å². The van der Waals surface area contributed by atoms with E-state index in [-0.39, 0.29) is 11.8 Å². The van der Waals surface area contributed by atoms with Crippen LogP contribution >= 0.6 is 0 Å². The molecule has 1 aliphatic rings. The molecule has 0 bridgehead atoms. The SMILES string of the molecule is COC/C=C/c1ccc2c(NC3CCN(C(=O)O)C3)nc(-c3ccccc3O)nc2c1. The molecule has 0 saturated carbocycles. The monoisotopic (exact) mass is 420 g/mol. The fraction of sp³-hybridized carbons (Fsp3) is 0.261. The first-order valence-electron chi connectivity index (χ1n) is 10.0. The Hall–Kier alpha value is -3.65. The summed E-state index contributed by atoms with van der Waals surface area (Å²) in [6.07, 6.45) is 3.66. The molecule has 4 rings (SSSR count). The van der Waals surface area contributed by atoms with E-state index in [4.69, 9.17) is 9.72 Å². The van der Waals surface area contributed by atoms with E-state index < -0.39 is 6.09 Å². The number of nitrogens with one attached hydrogen (secondary N) is 1. The van der Waals surface area contributed by atoms with Crippen molar-refractivity contribution in [3.63, 3.8) is 0 Å². The maximum atomic E-state index is 11.3. The molecule has 2 aromatic carbocycles. The minimum atomic E-state index is -0.917. The number of aromatic nitrogens is 2. The average Bonchev–Trinajstić information content (AvgIpc) is 3.23. The Labute approximate surface area is 179 Å². The van der Waals surface area contributed by atoms with Crippen LogP contribution in [0.5, 0.6) is 5.75 Å². The van der Waals surface area contributed by atoms with Gasteiger partial charge in [-0.2, -0.15) is 0 Å². The van der Waals surface area contributed by atoms with Crippen LogP contribution in [0, 0.1) is 0 Å². The summed E-state index contributed by atoms with van der Waals surface area (Å²) >= 11 is 0. The maximum Gasteiger partial charge on any atom is 0.407 e. The average molecular weight is 420 g/mol. The molecule has 1 unspecified atom stereocenters. The summed E-state index contributed by atoms with van der Waals surface area (Å²) in [5, 5.41) is 23.8. The van der Waals surface area contributed by atoms with Gasteiger partial charge in [-0.15, -0.1) is 0 Å². The Morgan fingerprint density at radius 2 is 2.13 bits per heavy atom. The number of hydrogen-bond acceptors (Lipinski definition) is 6. The van der Waals surface area contributed by atoms with Crippen LogP contribution < -0.4 is 5.32 Å². The largest absolute Gasteiger partial charge is 0.507 e. The number of phenols is 1. The number of phenolic OH excluding ortho intramolecular Hbond substituents is 1. The van der Waals surface area contributed by atoms with Crippen LogP contribution in [0.2, 0.25) is 0 Å². The van der Waals surface area contributed by atoms with Gasteiger partial charge in [0.1, 0.15) is 11.6 Å². The second-order valence-electron chi connectivity index (χ2n) is 7.41. The van der Waals surface area contributed by atoms with Gasteiger partial charge in [-0.25, -0.2) is 14.8 Å². The Morgan fingerprint density at radius 1 is 1.29 bits per heavy atom. The van der Waals surface area contributed by atoms with E-state index >= 15 is 0 Å². The van der Waals surface area contributed by atoms with Crippen molar-refractivity contribution in [1.29, 1.82) is 0 Å². The molecule has 0 aliphatic carbocycles. The van der Waals surface area contributed by atoms with E-state index in [1.54, 1.807) is 25.3 Å². The lowest BCUT2D eigenvalue weighted by molar-refractivity contribution is 0.155. The number of amides is 1. The minimum Gasteiger partial charge on any atom is -0.507 e. The van der Waals surface area contributed by atoms with Crippen LogP contribution in [0.4, 0.5) is 10.6 Å². The molecule has 0 spiro atoms. The quantitative estimate of drug-likeness (QED) is 0.556. The lowest BCUT2D eigenvalue weighted by Gasteiger charge is -2.17. The van der Waals surface area contributed by atoms with Gasteiger partial charge in [-0.3, -0.25) is 0 Å². The van der Waals surface area contributed by atoms with Crippen LogP contribution in [0.3, 0.4) is 0 Å². The Morgan fingerprint density at radius 3 is 2.87 bits per heavy atom. The lowest BCUT2D eigenvalue weighted by atomic mass is 10.1. The number of carboxylic acid groups (broad SMARTS) is 1. The van der Waals surface area contributed by atoms with Gasteiger partial charge < -0.3 is 25.2 Å². The number of nitrogens with zero attached hydrogens (tertiary/aromatic N) is 3. The Bertz CT molecular complexity index is 1130.